The lowest BCUT2D eigenvalue weighted by molar-refractivity contribution is -0.118. The predicted molar refractivity (Wildman–Crippen MR) is 65.0 cm³/mol. The van der Waals surface area contributed by atoms with E-state index in [1.807, 2.05) is 26.0 Å². The van der Waals surface area contributed by atoms with Crippen molar-refractivity contribution in [1.29, 1.82) is 0 Å². The van der Waals surface area contributed by atoms with Crippen LogP contribution in [0.3, 0.4) is 0 Å². The fourth-order valence-corrected chi connectivity index (χ4v) is 1.65. The normalized spacial score (nSPS) is 36.5. The Labute approximate surface area is 97.4 Å². The van der Waals surface area contributed by atoms with Crippen molar-refractivity contribution in [2.75, 3.05) is 0 Å². The number of ketones is 2. The van der Waals surface area contributed by atoms with E-state index in [4.69, 9.17) is 0 Å². The van der Waals surface area contributed by atoms with Gasteiger partial charge in [0.2, 0.25) is 0 Å². The van der Waals surface area contributed by atoms with Crippen LogP contribution in [0, 0.1) is 23.7 Å². The molecule has 4 atom stereocenters. The summed E-state index contributed by atoms with van der Waals surface area (Å²) in [4.78, 5) is 21.4. The van der Waals surface area contributed by atoms with E-state index >= 15 is 0 Å². The van der Waals surface area contributed by atoms with Gasteiger partial charge >= 0.3 is 0 Å². The Kier molecular flexibility index (Phi) is 4.22. The molecule has 0 aromatic carbocycles. The Morgan fingerprint density at radius 2 is 1.06 bits per heavy atom. The second kappa shape index (κ2) is 5.24. The number of carbonyl (C=O) groups excluding carboxylic acids is 2. The van der Waals surface area contributed by atoms with E-state index < -0.39 is 0 Å². The lowest BCUT2D eigenvalue weighted by atomic mass is 10.00. The quantitative estimate of drug-likeness (QED) is 0.629. The molecule has 0 heterocycles. The van der Waals surface area contributed by atoms with Crippen molar-refractivity contribution in [2.45, 2.75) is 27.7 Å². The van der Waals surface area contributed by atoms with E-state index in [0.29, 0.717) is 11.8 Å². The summed E-state index contributed by atoms with van der Waals surface area (Å²) in [6.45, 7) is 8.05. The Balaban J connectivity index is 0.000000160. The molecular formula is C14H20O2. The third-order valence-electron chi connectivity index (χ3n) is 3.60. The maximum absolute atomic E-state index is 10.7. The molecule has 16 heavy (non-hydrogen) atoms. The molecule has 0 spiro atoms. The van der Waals surface area contributed by atoms with Gasteiger partial charge in [-0.2, -0.15) is 0 Å². The standard InChI is InChI=1S/2C7H10O/c2*1-5-3-4-7(8)6(5)2/h2*3-6H,1-2H3/t2*5-,6+/m00/s1. The highest BCUT2D eigenvalue weighted by atomic mass is 16.1. The highest BCUT2D eigenvalue weighted by molar-refractivity contribution is 5.94. The molecule has 0 N–H and O–H groups in total. The van der Waals surface area contributed by atoms with E-state index in [1.54, 1.807) is 12.2 Å². The zero-order valence-corrected chi connectivity index (χ0v) is 10.4. The second-order valence-electron chi connectivity index (χ2n) is 4.82. The minimum absolute atomic E-state index is 0.231. The van der Waals surface area contributed by atoms with Crippen LogP contribution in [0.4, 0.5) is 0 Å². The monoisotopic (exact) mass is 220 g/mol. The molecule has 0 aromatic heterocycles. The number of carbonyl (C=O) groups is 2. The van der Waals surface area contributed by atoms with Crippen LogP contribution >= 0.6 is 0 Å². The van der Waals surface area contributed by atoms with Crippen molar-refractivity contribution in [3.8, 4) is 0 Å². The van der Waals surface area contributed by atoms with E-state index in [0.717, 1.165) is 0 Å². The number of hydrogen-bond acceptors (Lipinski definition) is 2. The van der Waals surface area contributed by atoms with Crippen LogP contribution in [-0.4, -0.2) is 11.6 Å². The van der Waals surface area contributed by atoms with Crippen molar-refractivity contribution in [3.63, 3.8) is 0 Å². The van der Waals surface area contributed by atoms with Gasteiger partial charge in [0.15, 0.2) is 11.6 Å². The largest absolute Gasteiger partial charge is 0.295 e. The molecule has 2 aliphatic carbocycles. The first-order valence-corrected chi connectivity index (χ1v) is 5.87. The van der Waals surface area contributed by atoms with Gasteiger partial charge in [-0.15, -0.1) is 0 Å². The van der Waals surface area contributed by atoms with Crippen molar-refractivity contribution in [1.82, 2.24) is 0 Å². The van der Waals surface area contributed by atoms with Crippen LogP contribution in [0.15, 0.2) is 24.3 Å². The summed E-state index contributed by atoms with van der Waals surface area (Å²) in [6, 6.07) is 0. The summed E-state index contributed by atoms with van der Waals surface area (Å²) in [5.74, 6) is 1.94. The Bertz CT molecular complexity index is 305. The summed E-state index contributed by atoms with van der Waals surface area (Å²) >= 11 is 0. The van der Waals surface area contributed by atoms with Gasteiger partial charge in [-0.05, 0) is 24.0 Å². The lowest BCUT2D eigenvalue weighted by Gasteiger charge is -2.03. The molecule has 0 saturated heterocycles. The average Bonchev–Trinajstić information content (AvgIpc) is 2.70. The average molecular weight is 220 g/mol. The molecule has 2 aliphatic rings. The van der Waals surface area contributed by atoms with Gasteiger partial charge in [0.25, 0.3) is 0 Å². The lowest BCUT2D eigenvalue weighted by Crippen LogP contribution is -2.07. The molecular weight excluding hydrogens is 200 g/mol. The highest BCUT2D eigenvalue weighted by Crippen LogP contribution is 2.20. The zero-order valence-electron chi connectivity index (χ0n) is 10.4. The molecule has 88 valence electrons. The molecule has 0 bridgehead atoms. The molecule has 0 fully saturated rings. The minimum atomic E-state index is 0.231. The molecule has 2 nitrogen and oxygen atoms in total. The molecule has 2 rings (SSSR count). The predicted octanol–water partition coefficient (Wildman–Crippen LogP) is 2.80. The van der Waals surface area contributed by atoms with E-state index in [9.17, 15) is 9.59 Å². The minimum Gasteiger partial charge on any atom is -0.295 e. The Morgan fingerprint density at radius 3 is 1.12 bits per heavy atom. The fraction of sp³-hybridized carbons (Fsp3) is 0.571. The van der Waals surface area contributed by atoms with Crippen LogP contribution in [-0.2, 0) is 9.59 Å². The van der Waals surface area contributed by atoms with Crippen LogP contribution in [0.5, 0.6) is 0 Å². The van der Waals surface area contributed by atoms with Crippen LogP contribution in [0.2, 0.25) is 0 Å². The van der Waals surface area contributed by atoms with Crippen molar-refractivity contribution in [3.05, 3.63) is 24.3 Å². The van der Waals surface area contributed by atoms with E-state index in [2.05, 4.69) is 13.8 Å². The second-order valence-corrected chi connectivity index (χ2v) is 4.82. The molecule has 0 aromatic rings. The maximum Gasteiger partial charge on any atom is 0.158 e. The molecule has 0 saturated carbocycles. The number of rotatable bonds is 0. The van der Waals surface area contributed by atoms with E-state index in [1.165, 1.54) is 0 Å². The summed E-state index contributed by atoms with van der Waals surface area (Å²) in [6.07, 6.45) is 7.28. The third-order valence-corrected chi connectivity index (χ3v) is 3.60. The fourth-order valence-electron chi connectivity index (χ4n) is 1.65. The topological polar surface area (TPSA) is 34.1 Å². The van der Waals surface area contributed by atoms with E-state index in [-0.39, 0.29) is 23.4 Å². The highest BCUT2D eigenvalue weighted by Gasteiger charge is 2.21. The first kappa shape index (κ1) is 12.9. The summed E-state index contributed by atoms with van der Waals surface area (Å²) in [5, 5.41) is 0. The van der Waals surface area contributed by atoms with Gasteiger partial charge in [-0.3, -0.25) is 9.59 Å². The third kappa shape index (κ3) is 2.91. The van der Waals surface area contributed by atoms with Gasteiger partial charge in [0.1, 0.15) is 0 Å². The first-order chi connectivity index (χ1) is 7.43. The maximum atomic E-state index is 10.7. The Hall–Kier alpha value is -1.18. The molecule has 2 heteroatoms. The van der Waals surface area contributed by atoms with Crippen molar-refractivity contribution in [2.24, 2.45) is 23.7 Å². The molecule has 0 unspecified atom stereocenters. The van der Waals surface area contributed by atoms with Gasteiger partial charge in [-0.1, -0.05) is 39.8 Å². The van der Waals surface area contributed by atoms with Crippen LogP contribution in [0.1, 0.15) is 27.7 Å². The summed E-state index contributed by atoms with van der Waals surface area (Å²) in [5.41, 5.74) is 0. The summed E-state index contributed by atoms with van der Waals surface area (Å²) < 4.78 is 0. The number of hydrogen-bond donors (Lipinski definition) is 0. The first-order valence-electron chi connectivity index (χ1n) is 5.87. The van der Waals surface area contributed by atoms with Crippen molar-refractivity contribution < 1.29 is 9.59 Å². The van der Waals surface area contributed by atoms with Crippen molar-refractivity contribution >= 4 is 11.6 Å². The number of allylic oxidation sites excluding steroid dienone is 4. The Morgan fingerprint density at radius 1 is 0.750 bits per heavy atom. The van der Waals surface area contributed by atoms with Gasteiger partial charge in [0, 0.05) is 11.8 Å². The van der Waals surface area contributed by atoms with Gasteiger partial charge < -0.3 is 0 Å². The SMILES string of the molecule is C[C@H]1C=CC(=O)[C@@H]1C.C[C@H]1C=CC(=O)[C@@H]1C. The van der Waals surface area contributed by atoms with Gasteiger partial charge in [0.05, 0.1) is 0 Å². The van der Waals surface area contributed by atoms with Crippen LogP contribution in [0.25, 0.3) is 0 Å². The molecule has 0 radical (unpaired) electrons. The molecule has 0 amide bonds. The molecule has 0 aliphatic heterocycles. The smallest absolute Gasteiger partial charge is 0.158 e. The zero-order chi connectivity index (χ0) is 12.3. The summed E-state index contributed by atoms with van der Waals surface area (Å²) in [7, 11) is 0. The van der Waals surface area contributed by atoms with Gasteiger partial charge in [-0.25, -0.2) is 0 Å². The van der Waals surface area contributed by atoms with Crippen LogP contribution < -0.4 is 0 Å².